The molecule has 3 rings (SSSR count). The van der Waals surface area contributed by atoms with Crippen LogP contribution in [-0.2, 0) is 0 Å². The zero-order valence-electron chi connectivity index (χ0n) is 15.2. The summed E-state index contributed by atoms with van der Waals surface area (Å²) in [6.07, 6.45) is 1.59. The van der Waals surface area contributed by atoms with Gasteiger partial charge in [0, 0.05) is 36.0 Å². The molecule has 9 heteroatoms. The van der Waals surface area contributed by atoms with Gasteiger partial charge >= 0.3 is 0 Å². The van der Waals surface area contributed by atoms with E-state index in [1.807, 2.05) is 14.1 Å². The highest BCUT2D eigenvalue weighted by atomic mass is 79.9. The van der Waals surface area contributed by atoms with Crippen LogP contribution in [0.5, 0.6) is 0 Å². The van der Waals surface area contributed by atoms with Crippen molar-refractivity contribution in [2.24, 2.45) is 0 Å². The lowest BCUT2D eigenvalue weighted by molar-refractivity contribution is 0.101. The zero-order chi connectivity index (χ0) is 20.1. The van der Waals surface area contributed by atoms with Gasteiger partial charge in [0.2, 0.25) is 0 Å². The Hall–Kier alpha value is -3.33. The van der Waals surface area contributed by atoms with Crippen molar-refractivity contribution in [2.75, 3.05) is 29.6 Å². The van der Waals surface area contributed by atoms with Crippen LogP contribution < -0.4 is 15.5 Å². The summed E-state index contributed by atoms with van der Waals surface area (Å²) in [6.45, 7) is 0. The van der Waals surface area contributed by atoms with Gasteiger partial charge in [0.05, 0.1) is 0 Å². The van der Waals surface area contributed by atoms with Crippen molar-refractivity contribution in [3.05, 3.63) is 70.5 Å². The molecule has 0 radical (unpaired) electrons. The molecule has 0 aliphatic carbocycles. The van der Waals surface area contributed by atoms with Crippen molar-refractivity contribution in [1.82, 2.24) is 15.2 Å². The van der Waals surface area contributed by atoms with Crippen molar-refractivity contribution in [1.29, 1.82) is 0 Å². The first-order chi connectivity index (χ1) is 13.4. The molecular formula is C19H17BrN6O2. The standard InChI is InChI=1S/C19H17BrN6O2/c1-26(2)17-9-7-15(24-25-17)19(28)22-14-5-3-4-12(10-14)18(27)23-16-8-6-13(20)11-21-16/h3-11H,1-2H3,(H,22,28)(H,21,23,27). The fourth-order valence-corrected chi connectivity index (χ4v) is 2.49. The second kappa shape index (κ2) is 8.57. The summed E-state index contributed by atoms with van der Waals surface area (Å²) in [5.41, 5.74) is 1.04. The first-order valence-electron chi connectivity index (χ1n) is 8.28. The fourth-order valence-electron chi connectivity index (χ4n) is 2.26. The predicted molar refractivity (Wildman–Crippen MR) is 111 cm³/mol. The number of carbonyl (C=O) groups is 2. The number of pyridine rings is 1. The number of benzene rings is 1. The topological polar surface area (TPSA) is 100 Å². The SMILES string of the molecule is CN(C)c1ccc(C(=O)Nc2cccc(C(=O)Nc3ccc(Br)cn3)c2)nn1. The van der Waals surface area contributed by atoms with E-state index in [0.717, 1.165) is 4.47 Å². The number of halogens is 1. The minimum absolute atomic E-state index is 0.180. The predicted octanol–water partition coefficient (Wildman–Crippen LogP) is 3.20. The lowest BCUT2D eigenvalue weighted by Crippen LogP contribution is -2.17. The maximum Gasteiger partial charge on any atom is 0.276 e. The highest BCUT2D eigenvalue weighted by Gasteiger charge is 2.12. The lowest BCUT2D eigenvalue weighted by Gasteiger charge is -2.10. The van der Waals surface area contributed by atoms with Crippen molar-refractivity contribution in [3.8, 4) is 0 Å². The number of nitrogens with one attached hydrogen (secondary N) is 2. The molecule has 0 aliphatic heterocycles. The van der Waals surface area contributed by atoms with Gasteiger partial charge in [-0.1, -0.05) is 6.07 Å². The van der Waals surface area contributed by atoms with Gasteiger partial charge in [0.1, 0.15) is 5.82 Å². The van der Waals surface area contributed by atoms with Gasteiger partial charge in [-0.2, -0.15) is 0 Å². The summed E-state index contributed by atoms with van der Waals surface area (Å²) >= 11 is 3.29. The molecule has 0 bridgehead atoms. The molecule has 3 aromatic rings. The molecule has 0 fully saturated rings. The molecule has 28 heavy (non-hydrogen) atoms. The molecule has 0 aliphatic rings. The summed E-state index contributed by atoms with van der Waals surface area (Å²) in [6, 6.07) is 13.4. The third kappa shape index (κ3) is 4.89. The summed E-state index contributed by atoms with van der Waals surface area (Å²) in [7, 11) is 3.67. The number of carbonyl (C=O) groups excluding carboxylic acids is 2. The van der Waals surface area contributed by atoms with Gasteiger partial charge in [-0.3, -0.25) is 9.59 Å². The van der Waals surface area contributed by atoms with Gasteiger partial charge < -0.3 is 15.5 Å². The molecule has 0 spiro atoms. The van der Waals surface area contributed by atoms with Gasteiger partial charge in [-0.05, 0) is 58.4 Å². The Morgan fingerprint density at radius 2 is 1.79 bits per heavy atom. The van der Waals surface area contributed by atoms with E-state index < -0.39 is 5.91 Å². The molecule has 1 aromatic carbocycles. The zero-order valence-corrected chi connectivity index (χ0v) is 16.8. The van der Waals surface area contributed by atoms with E-state index in [4.69, 9.17) is 0 Å². The van der Waals surface area contributed by atoms with E-state index in [2.05, 4.69) is 41.7 Å². The van der Waals surface area contributed by atoms with Gasteiger partial charge in [-0.15, -0.1) is 10.2 Å². The molecular weight excluding hydrogens is 424 g/mol. The largest absolute Gasteiger partial charge is 0.361 e. The van der Waals surface area contributed by atoms with Crippen LogP contribution in [-0.4, -0.2) is 41.1 Å². The van der Waals surface area contributed by atoms with Crippen molar-refractivity contribution >= 4 is 45.1 Å². The first kappa shape index (κ1) is 19.4. The number of hydrogen-bond acceptors (Lipinski definition) is 6. The summed E-state index contributed by atoms with van der Waals surface area (Å²) in [5.74, 6) is 0.335. The highest BCUT2D eigenvalue weighted by Crippen LogP contribution is 2.15. The number of nitrogens with zero attached hydrogens (tertiary/aromatic N) is 4. The second-order valence-corrected chi connectivity index (χ2v) is 6.94. The van der Waals surface area contributed by atoms with Crippen LogP contribution in [0.4, 0.5) is 17.3 Å². The Kier molecular flexibility index (Phi) is 5.95. The van der Waals surface area contributed by atoms with E-state index in [0.29, 0.717) is 22.9 Å². The Labute approximate surface area is 170 Å². The van der Waals surface area contributed by atoms with Crippen LogP contribution in [0.25, 0.3) is 0 Å². The monoisotopic (exact) mass is 440 g/mol. The van der Waals surface area contributed by atoms with Crippen LogP contribution in [0.1, 0.15) is 20.8 Å². The number of amides is 2. The molecule has 0 atom stereocenters. The molecule has 142 valence electrons. The Bertz CT molecular complexity index is 990. The van der Waals surface area contributed by atoms with Gasteiger partial charge in [0.15, 0.2) is 11.5 Å². The van der Waals surface area contributed by atoms with Crippen molar-refractivity contribution in [3.63, 3.8) is 0 Å². The number of anilines is 3. The number of aromatic nitrogens is 3. The molecule has 8 nitrogen and oxygen atoms in total. The van der Waals surface area contributed by atoms with Gasteiger partial charge in [0.25, 0.3) is 11.8 Å². The average molecular weight is 441 g/mol. The third-order valence-corrected chi connectivity index (χ3v) is 4.16. The van der Waals surface area contributed by atoms with Crippen LogP contribution in [0.2, 0.25) is 0 Å². The first-order valence-corrected chi connectivity index (χ1v) is 9.07. The highest BCUT2D eigenvalue weighted by molar-refractivity contribution is 9.10. The second-order valence-electron chi connectivity index (χ2n) is 6.02. The third-order valence-electron chi connectivity index (χ3n) is 3.69. The van der Waals surface area contributed by atoms with E-state index in [9.17, 15) is 9.59 Å². The van der Waals surface area contributed by atoms with Crippen LogP contribution in [0.3, 0.4) is 0 Å². The maximum atomic E-state index is 12.4. The molecule has 0 saturated carbocycles. The Morgan fingerprint density at radius 1 is 0.964 bits per heavy atom. The summed E-state index contributed by atoms with van der Waals surface area (Å²) in [4.78, 5) is 30.7. The lowest BCUT2D eigenvalue weighted by atomic mass is 10.2. The smallest absolute Gasteiger partial charge is 0.276 e. The molecule has 0 unspecified atom stereocenters. The van der Waals surface area contributed by atoms with E-state index in [1.54, 1.807) is 59.6 Å². The van der Waals surface area contributed by atoms with E-state index >= 15 is 0 Å². The Balaban J connectivity index is 1.69. The summed E-state index contributed by atoms with van der Waals surface area (Å²) < 4.78 is 0.817. The fraction of sp³-hybridized carbons (Fsp3) is 0.105. The van der Waals surface area contributed by atoms with E-state index in [-0.39, 0.29) is 11.6 Å². The Morgan fingerprint density at radius 3 is 2.43 bits per heavy atom. The summed E-state index contributed by atoms with van der Waals surface area (Å²) in [5, 5.41) is 13.3. The normalized spacial score (nSPS) is 10.2. The van der Waals surface area contributed by atoms with Crippen LogP contribution >= 0.6 is 15.9 Å². The van der Waals surface area contributed by atoms with Crippen molar-refractivity contribution < 1.29 is 9.59 Å². The molecule has 2 aromatic heterocycles. The molecule has 2 amide bonds. The minimum Gasteiger partial charge on any atom is -0.361 e. The molecule has 2 N–H and O–H groups in total. The molecule has 0 saturated heterocycles. The number of hydrogen-bond donors (Lipinski definition) is 2. The van der Waals surface area contributed by atoms with Crippen molar-refractivity contribution in [2.45, 2.75) is 0 Å². The average Bonchev–Trinajstić information content (AvgIpc) is 2.70. The molecule has 2 heterocycles. The van der Waals surface area contributed by atoms with Gasteiger partial charge in [-0.25, -0.2) is 4.98 Å². The maximum absolute atomic E-state index is 12.4. The minimum atomic E-state index is -0.412. The quantitative estimate of drug-likeness (QED) is 0.631. The van der Waals surface area contributed by atoms with E-state index in [1.165, 1.54) is 0 Å². The number of rotatable bonds is 5. The van der Waals surface area contributed by atoms with Crippen LogP contribution in [0.15, 0.2) is 59.2 Å². The van der Waals surface area contributed by atoms with Crippen LogP contribution in [0, 0.1) is 0 Å².